The monoisotopic (exact) mass is 335 g/mol. The summed E-state index contributed by atoms with van der Waals surface area (Å²) in [7, 11) is 3.39. The highest BCUT2D eigenvalue weighted by Gasteiger charge is 2.27. The van der Waals surface area contributed by atoms with E-state index in [0.29, 0.717) is 12.1 Å². The maximum Gasteiger partial charge on any atom is 0.161 e. The second-order valence-corrected chi connectivity index (χ2v) is 6.47. The lowest BCUT2D eigenvalue weighted by Gasteiger charge is -2.40. The van der Waals surface area contributed by atoms with Crippen molar-refractivity contribution in [1.82, 2.24) is 15.1 Å². The third-order valence-corrected chi connectivity index (χ3v) is 4.96. The number of nitrogens with zero attached hydrogens (tertiary/aromatic N) is 2. The molecule has 1 aromatic rings. The van der Waals surface area contributed by atoms with E-state index in [1.165, 1.54) is 5.56 Å². The molecule has 1 saturated heterocycles. The zero-order chi connectivity index (χ0) is 17.5. The largest absolute Gasteiger partial charge is 0.493 e. The topological polar surface area (TPSA) is 37.0 Å². The molecule has 1 aromatic carbocycles. The number of benzene rings is 1. The molecule has 2 rings (SSSR count). The summed E-state index contributed by atoms with van der Waals surface area (Å²) in [6.45, 7) is 13.1. The summed E-state index contributed by atoms with van der Waals surface area (Å²) in [5.74, 6) is 1.60. The van der Waals surface area contributed by atoms with Crippen LogP contribution >= 0.6 is 0 Å². The van der Waals surface area contributed by atoms with Gasteiger partial charge in [-0.1, -0.05) is 19.9 Å². The molecule has 1 aliphatic heterocycles. The minimum atomic E-state index is 0.370. The Morgan fingerprint density at radius 3 is 2.50 bits per heavy atom. The molecule has 0 spiro atoms. The molecular weight excluding hydrogens is 302 g/mol. The van der Waals surface area contributed by atoms with Crippen LogP contribution in [0.4, 0.5) is 0 Å². The van der Waals surface area contributed by atoms with Crippen molar-refractivity contribution in [2.45, 2.75) is 32.9 Å². The van der Waals surface area contributed by atoms with E-state index in [0.717, 1.165) is 50.8 Å². The molecule has 0 bridgehead atoms. The standard InChI is InChI=1S/C19H33N3O2/c1-6-21(7-2)14-17(22-11-10-20-15(3)13-22)16-8-9-18(23-4)19(12-16)24-5/h8-9,12,15,17,20H,6-7,10-11,13-14H2,1-5H3. The molecule has 24 heavy (non-hydrogen) atoms. The van der Waals surface area contributed by atoms with Gasteiger partial charge in [-0.2, -0.15) is 0 Å². The van der Waals surface area contributed by atoms with Gasteiger partial charge in [0.2, 0.25) is 0 Å². The summed E-state index contributed by atoms with van der Waals surface area (Å²) < 4.78 is 10.9. The molecule has 5 heteroatoms. The molecule has 0 aliphatic carbocycles. The number of piperazine rings is 1. The van der Waals surface area contributed by atoms with Crippen molar-refractivity contribution in [3.05, 3.63) is 23.8 Å². The highest BCUT2D eigenvalue weighted by molar-refractivity contribution is 5.44. The van der Waals surface area contributed by atoms with Gasteiger partial charge in [0.15, 0.2) is 11.5 Å². The van der Waals surface area contributed by atoms with Crippen LogP contribution in [-0.2, 0) is 0 Å². The third kappa shape index (κ3) is 4.62. The Kier molecular flexibility index (Phi) is 7.34. The van der Waals surface area contributed by atoms with Crippen LogP contribution in [-0.4, -0.2) is 69.3 Å². The molecule has 0 radical (unpaired) electrons. The van der Waals surface area contributed by atoms with E-state index in [4.69, 9.17) is 9.47 Å². The highest BCUT2D eigenvalue weighted by Crippen LogP contribution is 2.32. The zero-order valence-corrected chi connectivity index (χ0v) is 15.8. The van der Waals surface area contributed by atoms with Gasteiger partial charge in [0.05, 0.1) is 14.2 Å². The fraction of sp³-hybridized carbons (Fsp3) is 0.684. The van der Waals surface area contributed by atoms with Gasteiger partial charge < -0.3 is 19.7 Å². The van der Waals surface area contributed by atoms with Crippen molar-refractivity contribution in [3.63, 3.8) is 0 Å². The molecule has 2 atom stereocenters. The lowest BCUT2D eigenvalue weighted by atomic mass is 10.0. The lowest BCUT2D eigenvalue weighted by molar-refractivity contribution is 0.113. The Labute approximate surface area is 146 Å². The number of rotatable bonds is 8. The number of hydrogen-bond acceptors (Lipinski definition) is 5. The fourth-order valence-corrected chi connectivity index (χ4v) is 3.46. The fourth-order valence-electron chi connectivity index (χ4n) is 3.46. The average Bonchev–Trinajstić information content (AvgIpc) is 2.62. The first-order valence-corrected chi connectivity index (χ1v) is 9.04. The Hall–Kier alpha value is -1.30. The van der Waals surface area contributed by atoms with Crippen molar-refractivity contribution in [2.24, 2.45) is 0 Å². The second kappa shape index (κ2) is 9.25. The Morgan fingerprint density at radius 1 is 1.21 bits per heavy atom. The Morgan fingerprint density at radius 2 is 1.92 bits per heavy atom. The van der Waals surface area contributed by atoms with Crippen LogP contribution in [0.3, 0.4) is 0 Å². The van der Waals surface area contributed by atoms with Crippen LogP contribution in [0.1, 0.15) is 32.4 Å². The molecule has 136 valence electrons. The van der Waals surface area contributed by atoms with Crippen molar-refractivity contribution >= 4 is 0 Å². The average molecular weight is 335 g/mol. The number of nitrogens with one attached hydrogen (secondary N) is 1. The van der Waals surface area contributed by atoms with E-state index in [-0.39, 0.29) is 0 Å². The molecule has 5 nitrogen and oxygen atoms in total. The smallest absolute Gasteiger partial charge is 0.161 e. The van der Waals surface area contributed by atoms with Crippen molar-refractivity contribution in [3.8, 4) is 11.5 Å². The minimum absolute atomic E-state index is 0.370. The Bertz CT molecular complexity index is 505. The summed E-state index contributed by atoms with van der Waals surface area (Å²) in [6, 6.07) is 7.24. The van der Waals surface area contributed by atoms with Gasteiger partial charge in [0.25, 0.3) is 0 Å². The van der Waals surface area contributed by atoms with Crippen LogP contribution in [0.2, 0.25) is 0 Å². The van der Waals surface area contributed by atoms with E-state index in [1.807, 2.05) is 6.07 Å². The molecular formula is C19H33N3O2. The van der Waals surface area contributed by atoms with E-state index in [2.05, 4.69) is 48.0 Å². The summed E-state index contributed by atoms with van der Waals surface area (Å²) in [5.41, 5.74) is 1.30. The van der Waals surface area contributed by atoms with Crippen molar-refractivity contribution in [2.75, 3.05) is 53.5 Å². The normalized spacial score (nSPS) is 20.2. The summed E-state index contributed by atoms with van der Waals surface area (Å²) >= 11 is 0. The zero-order valence-electron chi connectivity index (χ0n) is 15.8. The van der Waals surface area contributed by atoms with Crippen molar-refractivity contribution in [1.29, 1.82) is 0 Å². The number of hydrogen-bond donors (Lipinski definition) is 1. The van der Waals surface area contributed by atoms with Gasteiger partial charge in [0.1, 0.15) is 0 Å². The van der Waals surface area contributed by atoms with Gasteiger partial charge in [-0.3, -0.25) is 4.90 Å². The van der Waals surface area contributed by atoms with Crippen molar-refractivity contribution < 1.29 is 9.47 Å². The molecule has 0 saturated carbocycles. The van der Waals surface area contributed by atoms with Crippen LogP contribution in [0.25, 0.3) is 0 Å². The van der Waals surface area contributed by atoms with Gasteiger partial charge in [-0.05, 0) is 37.7 Å². The summed E-state index contributed by atoms with van der Waals surface area (Å²) in [5, 5.41) is 3.54. The molecule has 0 aromatic heterocycles. The van der Waals surface area contributed by atoms with Gasteiger partial charge in [0, 0.05) is 38.3 Å². The number of methoxy groups -OCH3 is 2. The quantitative estimate of drug-likeness (QED) is 0.789. The van der Waals surface area contributed by atoms with E-state index >= 15 is 0 Å². The maximum atomic E-state index is 5.52. The Balaban J connectivity index is 2.30. The summed E-state index contributed by atoms with van der Waals surface area (Å²) in [4.78, 5) is 5.09. The second-order valence-electron chi connectivity index (χ2n) is 6.47. The first-order valence-electron chi connectivity index (χ1n) is 9.04. The number of likely N-dealkylation sites (N-methyl/N-ethyl adjacent to an activating group) is 1. The molecule has 2 unspecified atom stereocenters. The first kappa shape index (κ1) is 19.0. The minimum Gasteiger partial charge on any atom is -0.493 e. The van der Waals surface area contributed by atoms with Crippen LogP contribution in [0.5, 0.6) is 11.5 Å². The molecule has 1 heterocycles. The highest BCUT2D eigenvalue weighted by atomic mass is 16.5. The van der Waals surface area contributed by atoms with Crippen LogP contribution < -0.4 is 14.8 Å². The van der Waals surface area contributed by atoms with Gasteiger partial charge in [-0.15, -0.1) is 0 Å². The molecule has 1 fully saturated rings. The van der Waals surface area contributed by atoms with Gasteiger partial charge in [-0.25, -0.2) is 0 Å². The molecule has 1 aliphatic rings. The maximum absolute atomic E-state index is 5.52. The molecule has 0 amide bonds. The van der Waals surface area contributed by atoms with Gasteiger partial charge >= 0.3 is 0 Å². The predicted octanol–water partition coefficient (Wildman–Crippen LogP) is 2.38. The summed E-state index contributed by atoms with van der Waals surface area (Å²) in [6.07, 6.45) is 0. The molecule has 1 N–H and O–H groups in total. The lowest BCUT2D eigenvalue weighted by Crippen LogP contribution is -2.52. The van der Waals surface area contributed by atoms with E-state index in [1.54, 1.807) is 14.2 Å². The first-order chi connectivity index (χ1) is 11.6. The van der Waals surface area contributed by atoms with E-state index < -0.39 is 0 Å². The van der Waals surface area contributed by atoms with Crippen LogP contribution in [0.15, 0.2) is 18.2 Å². The third-order valence-electron chi connectivity index (χ3n) is 4.96. The SMILES string of the molecule is CCN(CC)CC(c1ccc(OC)c(OC)c1)N1CCNC(C)C1. The predicted molar refractivity (Wildman–Crippen MR) is 99.1 cm³/mol. The number of ether oxygens (including phenoxy) is 2. The van der Waals surface area contributed by atoms with E-state index in [9.17, 15) is 0 Å². The van der Waals surface area contributed by atoms with Crippen LogP contribution in [0, 0.1) is 0 Å².